The van der Waals surface area contributed by atoms with Crippen molar-refractivity contribution in [1.82, 2.24) is 45.5 Å². The van der Waals surface area contributed by atoms with E-state index in [2.05, 4.69) is 46.0 Å². The van der Waals surface area contributed by atoms with Crippen molar-refractivity contribution in [2.45, 2.75) is 10.9 Å². The number of hydrogen-bond donors (Lipinski definition) is 2. The molecule has 4 aromatic rings. The maximum absolute atomic E-state index is 12.8. The molecular formula is C16H14N12O4S. The molecule has 3 heterocycles. The van der Waals surface area contributed by atoms with Crippen LogP contribution in [0.2, 0.25) is 0 Å². The Morgan fingerprint density at radius 3 is 2.88 bits per heavy atom. The molecule has 0 atom stereocenters. The highest BCUT2D eigenvalue weighted by Crippen LogP contribution is 2.24. The molecule has 0 radical (unpaired) electrons. The molecule has 1 aromatic carbocycles. The molecule has 0 unspecified atom stereocenters. The predicted molar refractivity (Wildman–Crippen MR) is 112 cm³/mol. The Morgan fingerprint density at radius 2 is 2.18 bits per heavy atom. The van der Waals surface area contributed by atoms with Crippen molar-refractivity contribution in [1.29, 1.82) is 0 Å². The summed E-state index contributed by atoms with van der Waals surface area (Å²) in [7, 11) is 1.77. The fourth-order valence-electron chi connectivity index (χ4n) is 2.63. The summed E-state index contributed by atoms with van der Waals surface area (Å²) in [6.45, 7) is 0. The molecular weight excluding hydrogens is 456 g/mol. The molecule has 0 aliphatic carbocycles. The van der Waals surface area contributed by atoms with Gasteiger partial charge in [0.1, 0.15) is 6.33 Å². The van der Waals surface area contributed by atoms with Crippen LogP contribution in [0.3, 0.4) is 0 Å². The molecule has 33 heavy (non-hydrogen) atoms. The molecule has 3 aromatic heterocycles. The number of nitrogens with zero attached hydrogens (tertiary/aromatic N) is 10. The van der Waals surface area contributed by atoms with Crippen molar-refractivity contribution in [2.75, 3.05) is 5.73 Å². The number of amides is 1. The number of benzene rings is 1. The van der Waals surface area contributed by atoms with Gasteiger partial charge < -0.3 is 10.3 Å². The molecule has 0 aliphatic rings. The Bertz CT molecular complexity index is 1340. The first kappa shape index (κ1) is 21.6. The lowest BCUT2D eigenvalue weighted by atomic mass is 10.2. The molecule has 1 amide bonds. The number of aromatic nitrogens is 8. The summed E-state index contributed by atoms with van der Waals surface area (Å²) < 4.78 is 7.53. The predicted octanol–water partition coefficient (Wildman–Crippen LogP) is 0.325. The molecule has 0 saturated heterocycles. The van der Waals surface area contributed by atoms with Crippen LogP contribution < -0.4 is 11.2 Å². The average Bonchev–Trinajstić information content (AvgIpc) is 3.52. The van der Waals surface area contributed by atoms with Crippen LogP contribution in [0, 0.1) is 10.1 Å². The molecule has 17 heteroatoms. The molecule has 0 saturated carbocycles. The second-order valence-corrected chi connectivity index (χ2v) is 7.24. The lowest BCUT2D eigenvalue weighted by Gasteiger charge is -2.05. The van der Waals surface area contributed by atoms with E-state index in [9.17, 15) is 14.9 Å². The van der Waals surface area contributed by atoms with E-state index < -0.39 is 10.8 Å². The zero-order valence-corrected chi connectivity index (χ0v) is 17.6. The second-order valence-electron chi connectivity index (χ2n) is 6.30. The van der Waals surface area contributed by atoms with Crippen LogP contribution in [0.15, 0.2) is 45.5 Å². The molecule has 3 N–H and O–H groups in total. The second kappa shape index (κ2) is 9.22. The first-order valence-corrected chi connectivity index (χ1v) is 10.0. The largest absolute Gasteiger partial charge is 0.378 e. The van der Waals surface area contributed by atoms with Crippen LogP contribution >= 0.6 is 11.8 Å². The van der Waals surface area contributed by atoms with Gasteiger partial charge in [0.15, 0.2) is 10.9 Å². The van der Waals surface area contributed by atoms with E-state index >= 15 is 0 Å². The summed E-state index contributed by atoms with van der Waals surface area (Å²) >= 11 is 1.26. The highest BCUT2D eigenvalue weighted by molar-refractivity contribution is 7.98. The zero-order chi connectivity index (χ0) is 23.4. The number of nitro benzene ring substituents is 1. The smallest absolute Gasteiger partial charge is 0.293 e. The maximum atomic E-state index is 12.8. The molecule has 4 rings (SSSR count). The summed E-state index contributed by atoms with van der Waals surface area (Å²) in [5, 5.41) is 38.3. The van der Waals surface area contributed by atoms with Crippen molar-refractivity contribution >= 4 is 35.4 Å². The quantitative estimate of drug-likeness (QED) is 0.154. The van der Waals surface area contributed by atoms with E-state index in [1.165, 1.54) is 41.0 Å². The van der Waals surface area contributed by atoms with Gasteiger partial charge in [0.25, 0.3) is 11.6 Å². The van der Waals surface area contributed by atoms with Gasteiger partial charge in [-0.15, -0.1) is 15.3 Å². The van der Waals surface area contributed by atoms with Gasteiger partial charge in [0.05, 0.1) is 22.4 Å². The van der Waals surface area contributed by atoms with E-state index in [4.69, 9.17) is 5.73 Å². The van der Waals surface area contributed by atoms with Crippen LogP contribution in [-0.4, -0.2) is 57.1 Å². The Morgan fingerprint density at radius 1 is 1.36 bits per heavy atom. The third kappa shape index (κ3) is 4.51. The number of nitrogen functional groups attached to an aromatic ring is 1. The minimum Gasteiger partial charge on any atom is -0.378 e. The molecule has 168 valence electrons. The van der Waals surface area contributed by atoms with Gasteiger partial charge in [-0.25, -0.2) is 10.1 Å². The number of hydrogen-bond acceptors (Lipinski definition) is 13. The van der Waals surface area contributed by atoms with Gasteiger partial charge in [-0.1, -0.05) is 29.1 Å². The number of carbonyl (C=O) groups excluding carboxylic acids is 1. The van der Waals surface area contributed by atoms with E-state index in [0.717, 1.165) is 6.21 Å². The van der Waals surface area contributed by atoms with Gasteiger partial charge in [-0.2, -0.15) is 9.78 Å². The summed E-state index contributed by atoms with van der Waals surface area (Å²) in [5.74, 6) is -0.521. The number of anilines is 1. The number of nitrogens with two attached hydrogens (primary N) is 1. The molecule has 0 bridgehead atoms. The average molecular weight is 470 g/mol. The minimum atomic E-state index is -0.709. The number of nitrogens with one attached hydrogen (secondary N) is 1. The van der Waals surface area contributed by atoms with Gasteiger partial charge in [0.2, 0.25) is 11.6 Å². The summed E-state index contributed by atoms with van der Waals surface area (Å²) in [4.78, 5) is 23.3. The molecule has 0 fully saturated rings. The summed E-state index contributed by atoms with van der Waals surface area (Å²) in [5.41, 5.74) is 8.34. The van der Waals surface area contributed by atoms with Crippen LogP contribution in [0.5, 0.6) is 0 Å². The molecule has 0 aliphatic heterocycles. The Hall–Kier alpha value is -4.67. The topological polar surface area (TPSA) is 211 Å². The lowest BCUT2D eigenvalue weighted by molar-refractivity contribution is -0.385. The third-order valence-corrected chi connectivity index (χ3v) is 5.23. The first-order valence-electron chi connectivity index (χ1n) is 9.02. The minimum absolute atomic E-state index is 0.0498. The van der Waals surface area contributed by atoms with Crippen molar-refractivity contribution in [2.24, 2.45) is 12.1 Å². The van der Waals surface area contributed by atoms with Crippen LogP contribution in [0.4, 0.5) is 11.5 Å². The number of hydrazone groups is 1. The van der Waals surface area contributed by atoms with E-state index in [0.29, 0.717) is 10.9 Å². The molecule has 16 nitrogen and oxygen atoms in total. The summed E-state index contributed by atoms with van der Waals surface area (Å²) in [6, 6.07) is 5.96. The van der Waals surface area contributed by atoms with Gasteiger partial charge in [-0.05, 0) is 16.4 Å². The number of rotatable bonds is 8. The number of nitro groups is 1. The van der Waals surface area contributed by atoms with E-state index in [-0.39, 0.29) is 34.3 Å². The Balaban J connectivity index is 1.59. The van der Waals surface area contributed by atoms with Crippen molar-refractivity contribution in [3.8, 4) is 5.82 Å². The Kier molecular flexibility index (Phi) is 6.02. The van der Waals surface area contributed by atoms with E-state index in [1.807, 2.05) is 0 Å². The lowest BCUT2D eigenvalue weighted by Crippen LogP contribution is -2.20. The van der Waals surface area contributed by atoms with Crippen LogP contribution in [-0.2, 0) is 12.8 Å². The van der Waals surface area contributed by atoms with Gasteiger partial charge >= 0.3 is 0 Å². The van der Waals surface area contributed by atoms with Gasteiger partial charge in [0, 0.05) is 18.9 Å². The fourth-order valence-corrected chi connectivity index (χ4v) is 3.51. The fraction of sp³-hybridized carbons (Fsp3) is 0.125. The number of aryl methyl sites for hydroxylation is 1. The van der Waals surface area contributed by atoms with Gasteiger partial charge in [-0.3, -0.25) is 14.9 Å². The standard InChI is InChI=1S/C16H14N12O4S/c1-26-8-19-22-16(26)33-7-11-12(20-25-27(11)14-13(17)23-32-24-14)15(29)21-18-6-9-4-2-3-5-10(9)28(30)31/h2-6,8H,7H2,1H3,(H2,17,23)(H,21,29)/b18-6-. The zero-order valence-electron chi connectivity index (χ0n) is 16.8. The third-order valence-electron chi connectivity index (χ3n) is 4.19. The number of carbonyl (C=O) groups is 1. The highest BCUT2D eigenvalue weighted by Gasteiger charge is 2.24. The maximum Gasteiger partial charge on any atom is 0.293 e. The van der Waals surface area contributed by atoms with Crippen LogP contribution in [0.1, 0.15) is 21.7 Å². The van der Waals surface area contributed by atoms with Crippen molar-refractivity contribution < 1.29 is 14.3 Å². The monoisotopic (exact) mass is 470 g/mol. The molecule has 0 spiro atoms. The number of para-hydroxylation sites is 1. The number of thioether (sulfide) groups is 1. The van der Waals surface area contributed by atoms with E-state index in [1.54, 1.807) is 17.7 Å². The van der Waals surface area contributed by atoms with Crippen molar-refractivity contribution in [3.63, 3.8) is 0 Å². The SMILES string of the molecule is Cn1cnnc1SCc1c(C(=O)N/N=C\c2ccccc2[N+](=O)[O-])nnn1-c1nonc1N. The normalized spacial score (nSPS) is 11.2. The van der Waals surface area contributed by atoms with Crippen molar-refractivity contribution in [3.05, 3.63) is 57.7 Å². The van der Waals surface area contributed by atoms with Crippen LogP contribution in [0.25, 0.3) is 5.82 Å². The highest BCUT2D eigenvalue weighted by atomic mass is 32.2. The Labute approximate surface area is 188 Å². The first-order chi connectivity index (χ1) is 16.0. The summed E-state index contributed by atoms with van der Waals surface area (Å²) in [6.07, 6.45) is 2.69.